The molecule has 0 saturated carbocycles. The van der Waals surface area contributed by atoms with E-state index in [9.17, 15) is 18.4 Å². The summed E-state index contributed by atoms with van der Waals surface area (Å²) >= 11 is 0. The first-order valence-electron chi connectivity index (χ1n) is 5.64. The van der Waals surface area contributed by atoms with E-state index in [0.717, 1.165) is 0 Å². The Kier molecular flexibility index (Phi) is 5.92. The van der Waals surface area contributed by atoms with Crippen LogP contribution in [0.5, 0.6) is 0 Å². The number of carbonyl (C=O) groups excluding carboxylic acids is 2. The van der Waals surface area contributed by atoms with Crippen LogP contribution >= 0.6 is 0 Å². The summed E-state index contributed by atoms with van der Waals surface area (Å²) in [7, 11) is 0. The third kappa shape index (κ3) is 8.12. The van der Waals surface area contributed by atoms with Crippen molar-refractivity contribution in [2.24, 2.45) is 0 Å². The maximum Gasteiger partial charge on any atom is 0.408 e. The predicted molar refractivity (Wildman–Crippen MR) is 64.9 cm³/mol. The Morgan fingerprint density at radius 2 is 1.89 bits per heavy atom. The fraction of sp³-hybridized carbons (Fsp3) is 0.667. The van der Waals surface area contributed by atoms with Crippen LogP contribution in [0.3, 0.4) is 0 Å². The molecule has 0 aliphatic heterocycles. The van der Waals surface area contributed by atoms with Crippen LogP contribution in [0.25, 0.3) is 0 Å². The molecule has 0 heterocycles. The Bertz CT molecular complexity index is 350. The van der Waals surface area contributed by atoms with Crippen molar-refractivity contribution in [3.63, 3.8) is 0 Å². The average Bonchev–Trinajstić information content (AvgIpc) is 2.23. The zero-order valence-electron chi connectivity index (χ0n) is 11.5. The third-order valence-corrected chi connectivity index (χ3v) is 1.79. The summed E-state index contributed by atoms with van der Waals surface area (Å²) in [6, 6.07) is -1.09. The van der Waals surface area contributed by atoms with Crippen molar-refractivity contribution in [3.8, 4) is 0 Å². The van der Waals surface area contributed by atoms with Crippen molar-refractivity contribution >= 4 is 12.1 Å². The topological polar surface area (TPSA) is 64.6 Å². The van der Waals surface area contributed by atoms with Gasteiger partial charge < -0.3 is 14.8 Å². The summed E-state index contributed by atoms with van der Waals surface area (Å²) < 4.78 is 34.8. The highest BCUT2D eigenvalue weighted by Crippen LogP contribution is 2.14. The smallest absolute Gasteiger partial charge is 0.408 e. The summed E-state index contributed by atoms with van der Waals surface area (Å²) in [6.07, 6.45) is -0.445. The molecule has 110 valence electrons. The van der Waals surface area contributed by atoms with E-state index in [1.165, 1.54) is 6.92 Å². The van der Waals surface area contributed by atoms with Gasteiger partial charge in [0.05, 0.1) is 0 Å². The van der Waals surface area contributed by atoms with Gasteiger partial charge in [0, 0.05) is 0 Å². The van der Waals surface area contributed by atoms with Crippen molar-refractivity contribution in [3.05, 3.63) is 12.7 Å². The fourth-order valence-electron chi connectivity index (χ4n) is 0.895. The summed E-state index contributed by atoms with van der Waals surface area (Å²) in [5.74, 6) is -4.27. The number of carbonyl (C=O) groups is 2. The van der Waals surface area contributed by atoms with Gasteiger partial charge >= 0.3 is 12.1 Å². The first-order valence-corrected chi connectivity index (χ1v) is 5.64. The lowest BCUT2D eigenvalue weighted by Crippen LogP contribution is -2.43. The van der Waals surface area contributed by atoms with Crippen molar-refractivity contribution < 1.29 is 27.8 Å². The predicted octanol–water partition coefficient (Wildman–Crippen LogP) is 2.26. The molecule has 5 nitrogen and oxygen atoms in total. The lowest BCUT2D eigenvalue weighted by atomic mass is 10.2. The maximum atomic E-state index is 12.8. The molecule has 0 bridgehead atoms. The number of hydrogen-bond donors (Lipinski definition) is 1. The number of hydrogen-bond acceptors (Lipinski definition) is 4. The highest BCUT2D eigenvalue weighted by Gasteiger charge is 2.28. The number of halogens is 2. The van der Waals surface area contributed by atoms with Gasteiger partial charge in [0.15, 0.2) is 6.61 Å². The first kappa shape index (κ1) is 17.3. The molecular formula is C12H19F2NO4. The monoisotopic (exact) mass is 279 g/mol. The van der Waals surface area contributed by atoms with Gasteiger partial charge in [-0.15, -0.1) is 0 Å². The van der Waals surface area contributed by atoms with Gasteiger partial charge in [0.1, 0.15) is 11.6 Å². The SMILES string of the molecule is C=CC(F)(F)COC(=O)C(C)NC(=O)OC(C)(C)C. The standard InChI is InChI=1S/C12H19F2NO4/c1-6-12(13,14)7-18-9(16)8(2)15-10(17)19-11(3,4)5/h6,8H,1,7H2,2-5H3,(H,15,17). The Hall–Kier alpha value is -1.66. The third-order valence-electron chi connectivity index (χ3n) is 1.79. The molecule has 19 heavy (non-hydrogen) atoms. The molecule has 0 aliphatic rings. The Morgan fingerprint density at radius 1 is 1.37 bits per heavy atom. The zero-order valence-corrected chi connectivity index (χ0v) is 11.5. The lowest BCUT2D eigenvalue weighted by molar-refractivity contribution is -0.153. The van der Waals surface area contributed by atoms with Crippen LogP contribution in [0.15, 0.2) is 12.7 Å². The van der Waals surface area contributed by atoms with Crippen LogP contribution in [-0.4, -0.2) is 36.2 Å². The van der Waals surface area contributed by atoms with E-state index in [2.05, 4.69) is 16.6 Å². The molecule has 0 aliphatic carbocycles. The molecule has 0 aromatic carbocycles. The molecule has 0 radical (unpaired) electrons. The van der Waals surface area contributed by atoms with Gasteiger partial charge in [-0.2, -0.15) is 8.78 Å². The first-order chi connectivity index (χ1) is 8.47. The largest absolute Gasteiger partial charge is 0.457 e. The molecule has 1 unspecified atom stereocenters. The average molecular weight is 279 g/mol. The van der Waals surface area contributed by atoms with Crippen LogP contribution in [0.2, 0.25) is 0 Å². The number of esters is 1. The Labute approximate surface area is 110 Å². The number of ether oxygens (including phenoxy) is 2. The van der Waals surface area contributed by atoms with Gasteiger partial charge in [0.2, 0.25) is 0 Å². The van der Waals surface area contributed by atoms with Crippen molar-refractivity contribution in [2.45, 2.75) is 45.3 Å². The molecule has 0 aromatic heterocycles. The molecule has 0 saturated heterocycles. The molecule has 0 rings (SSSR count). The Balaban J connectivity index is 4.21. The van der Waals surface area contributed by atoms with E-state index < -0.39 is 36.2 Å². The van der Waals surface area contributed by atoms with Crippen molar-refractivity contribution in [2.75, 3.05) is 6.61 Å². The number of rotatable bonds is 5. The normalized spacial score (nSPS) is 13.4. The van der Waals surface area contributed by atoms with E-state index in [1.807, 2.05) is 0 Å². The van der Waals surface area contributed by atoms with E-state index in [4.69, 9.17) is 4.74 Å². The van der Waals surface area contributed by atoms with Crippen LogP contribution in [0.1, 0.15) is 27.7 Å². The second-order valence-electron chi connectivity index (χ2n) is 4.94. The van der Waals surface area contributed by atoms with Crippen LogP contribution < -0.4 is 5.32 Å². The van der Waals surface area contributed by atoms with Gasteiger partial charge in [-0.05, 0) is 33.8 Å². The number of alkyl carbamates (subject to hydrolysis) is 1. The maximum absolute atomic E-state index is 12.8. The van der Waals surface area contributed by atoms with Crippen LogP contribution in [0.4, 0.5) is 13.6 Å². The van der Waals surface area contributed by atoms with E-state index in [1.54, 1.807) is 20.8 Å². The summed E-state index contributed by atoms with van der Waals surface area (Å²) in [5, 5.41) is 2.18. The second kappa shape index (κ2) is 6.49. The molecular weight excluding hydrogens is 260 g/mol. The molecule has 7 heteroatoms. The minimum absolute atomic E-state index is 0.381. The minimum atomic E-state index is -3.29. The number of alkyl halides is 2. The molecule has 1 atom stereocenters. The quantitative estimate of drug-likeness (QED) is 0.619. The zero-order chi connectivity index (χ0) is 15.3. The number of amides is 1. The van der Waals surface area contributed by atoms with Gasteiger partial charge in [0.25, 0.3) is 5.92 Å². The molecule has 0 aromatic rings. The van der Waals surface area contributed by atoms with Crippen molar-refractivity contribution in [1.82, 2.24) is 5.32 Å². The molecule has 0 fully saturated rings. The highest BCUT2D eigenvalue weighted by molar-refractivity contribution is 5.81. The Morgan fingerprint density at radius 3 is 2.32 bits per heavy atom. The summed E-state index contributed by atoms with van der Waals surface area (Å²) in [5.41, 5.74) is -0.719. The van der Waals surface area contributed by atoms with Crippen molar-refractivity contribution in [1.29, 1.82) is 0 Å². The van der Waals surface area contributed by atoms with E-state index in [-0.39, 0.29) is 0 Å². The minimum Gasteiger partial charge on any atom is -0.457 e. The molecule has 0 spiro atoms. The van der Waals surface area contributed by atoms with Gasteiger partial charge in [-0.1, -0.05) is 6.58 Å². The van der Waals surface area contributed by atoms with Gasteiger partial charge in [-0.3, -0.25) is 0 Å². The van der Waals surface area contributed by atoms with Crippen LogP contribution in [0, 0.1) is 0 Å². The van der Waals surface area contributed by atoms with Gasteiger partial charge in [-0.25, -0.2) is 9.59 Å². The molecule has 1 amide bonds. The summed E-state index contributed by atoms with van der Waals surface area (Å²) in [4.78, 5) is 22.7. The molecule has 1 N–H and O–H groups in total. The fourth-order valence-corrected chi connectivity index (χ4v) is 0.895. The van der Waals surface area contributed by atoms with E-state index in [0.29, 0.717) is 6.08 Å². The number of nitrogens with one attached hydrogen (secondary N) is 1. The van der Waals surface area contributed by atoms with E-state index >= 15 is 0 Å². The second-order valence-corrected chi connectivity index (χ2v) is 4.94. The highest BCUT2D eigenvalue weighted by atomic mass is 19.3. The van der Waals surface area contributed by atoms with Crippen LogP contribution in [-0.2, 0) is 14.3 Å². The lowest BCUT2D eigenvalue weighted by Gasteiger charge is -2.21. The summed E-state index contributed by atoms with van der Waals surface area (Å²) in [6.45, 7) is 8.06.